The van der Waals surface area contributed by atoms with E-state index in [0.29, 0.717) is 21.9 Å². The van der Waals surface area contributed by atoms with E-state index in [1.807, 2.05) is 0 Å². The van der Waals surface area contributed by atoms with Gasteiger partial charge in [-0.25, -0.2) is 0 Å². The van der Waals surface area contributed by atoms with Gasteiger partial charge in [-0.05, 0) is 41.9 Å². The topological polar surface area (TPSA) is 88.7 Å². The molecule has 1 aromatic carbocycles. The highest BCUT2D eigenvalue weighted by Crippen LogP contribution is 2.29. The van der Waals surface area contributed by atoms with E-state index in [1.54, 1.807) is 41.8 Å². The zero-order valence-corrected chi connectivity index (χ0v) is 15.7. The van der Waals surface area contributed by atoms with Gasteiger partial charge in [0.05, 0.1) is 24.7 Å². The third-order valence-corrected chi connectivity index (χ3v) is 4.21. The van der Waals surface area contributed by atoms with Crippen molar-refractivity contribution in [1.29, 1.82) is 0 Å². The fourth-order valence-corrected chi connectivity index (χ4v) is 2.74. The second kappa shape index (κ2) is 9.54. The highest BCUT2D eigenvalue weighted by atomic mass is 32.1. The second-order valence-electron chi connectivity index (χ2n) is 4.78. The minimum absolute atomic E-state index is 0.0310. The zero-order valence-electron chi connectivity index (χ0n) is 14.1. The van der Waals surface area contributed by atoms with Crippen molar-refractivity contribution in [3.8, 4) is 11.5 Å². The SMILES string of the molecule is COc1cccc(OC)c1C=CC(=O)NC(=S)NNC(=O)c1cccs1. The smallest absolute Gasteiger partial charge is 0.279 e. The molecule has 26 heavy (non-hydrogen) atoms. The summed E-state index contributed by atoms with van der Waals surface area (Å²) in [5, 5.41) is 4.18. The maximum absolute atomic E-state index is 12.0. The summed E-state index contributed by atoms with van der Waals surface area (Å²) >= 11 is 6.26. The van der Waals surface area contributed by atoms with E-state index < -0.39 is 5.91 Å². The van der Waals surface area contributed by atoms with Crippen LogP contribution < -0.4 is 25.6 Å². The number of carbonyl (C=O) groups excluding carboxylic acids is 2. The number of benzene rings is 1. The van der Waals surface area contributed by atoms with Crippen molar-refractivity contribution < 1.29 is 19.1 Å². The summed E-state index contributed by atoms with van der Waals surface area (Å²) in [6.07, 6.45) is 2.84. The number of ether oxygens (including phenoxy) is 2. The molecule has 0 unspecified atom stereocenters. The van der Waals surface area contributed by atoms with E-state index in [-0.39, 0.29) is 11.0 Å². The standard InChI is InChI=1S/C17H17N3O4S2/c1-23-12-5-3-6-13(24-2)11(12)8-9-15(21)18-17(25)20-19-16(22)14-7-4-10-26-14/h3-10H,1-2H3,(H,19,22)(H2,18,20,21,25). The molecule has 0 spiro atoms. The largest absolute Gasteiger partial charge is 0.496 e. The Morgan fingerprint density at radius 1 is 1.08 bits per heavy atom. The summed E-state index contributed by atoms with van der Waals surface area (Å²) in [5.41, 5.74) is 5.49. The third kappa shape index (κ3) is 5.30. The Kier molecular flexibility index (Phi) is 7.12. The maximum atomic E-state index is 12.0. The number of nitrogens with one attached hydrogen (secondary N) is 3. The number of hydrogen-bond acceptors (Lipinski definition) is 6. The molecule has 1 aromatic heterocycles. The highest BCUT2D eigenvalue weighted by molar-refractivity contribution is 7.80. The Morgan fingerprint density at radius 2 is 1.77 bits per heavy atom. The first kappa shape index (κ1) is 19.4. The number of thiocarbonyl (C=S) groups is 1. The average Bonchev–Trinajstić information content (AvgIpc) is 3.18. The Labute approximate surface area is 160 Å². The van der Waals surface area contributed by atoms with Crippen LogP contribution >= 0.6 is 23.6 Å². The second-order valence-corrected chi connectivity index (χ2v) is 6.14. The highest BCUT2D eigenvalue weighted by Gasteiger charge is 2.09. The van der Waals surface area contributed by atoms with Crippen LogP contribution in [-0.2, 0) is 4.79 Å². The van der Waals surface area contributed by atoms with E-state index in [4.69, 9.17) is 21.7 Å². The zero-order chi connectivity index (χ0) is 18.9. The van der Waals surface area contributed by atoms with Gasteiger partial charge in [-0.1, -0.05) is 12.1 Å². The summed E-state index contributed by atoms with van der Waals surface area (Å²) in [4.78, 5) is 24.3. The van der Waals surface area contributed by atoms with Gasteiger partial charge in [-0.3, -0.25) is 25.8 Å². The van der Waals surface area contributed by atoms with Crippen LogP contribution in [0.1, 0.15) is 15.2 Å². The molecule has 0 saturated heterocycles. The Balaban J connectivity index is 1.91. The number of thiophene rings is 1. The summed E-state index contributed by atoms with van der Waals surface area (Å²) in [6.45, 7) is 0. The van der Waals surface area contributed by atoms with Gasteiger partial charge in [-0.2, -0.15) is 0 Å². The number of rotatable bonds is 5. The van der Waals surface area contributed by atoms with Crippen LogP contribution in [-0.4, -0.2) is 31.1 Å². The molecule has 0 aliphatic carbocycles. The lowest BCUT2D eigenvalue weighted by Gasteiger charge is -2.10. The molecule has 7 nitrogen and oxygen atoms in total. The average molecular weight is 391 g/mol. The van der Waals surface area contributed by atoms with Crippen molar-refractivity contribution >= 4 is 46.6 Å². The molecule has 0 aliphatic heterocycles. The van der Waals surface area contributed by atoms with Gasteiger partial charge in [0, 0.05) is 6.08 Å². The first-order valence-electron chi connectivity index (χ1n) is 7.39. The van der Waals surface area contributed by atoms with Crippen LogP contribution in [0, 0.1) is 0 Å². The van der Waals surface area contributed by atoms with E-state index in [2.05, 4.69) is 16.2 Å². The molecular weight excluding hydrogens is 374 g/mol. The van der Waals surface area contributed by atoms with E-state index in [9.17, 15) is 9.59 Å². The fraction of sp³-hybridized carbons (Fsp3) is 0.118. The Hall–Kier alpha value is -2.91. The van der Waals surface area contributed by atoms with Crippen LogP contribution in [0.15, 0.2) is 41.8 Å². The first-order valence-corrected chi connectivity index (χ1v) is 8.67. The van der Waals surface area contributed by atoms with Crippen molar-refractivity contribution in [2.75, 3.05) is 14.2 Å². The van der Waals surface area contributed by atoms with E-state index >= 15 is 0 Å². The molecule has 0 bridgehead atoms. The van der Waals surface area contributed by atoms with Gasteiger partial charge in [0.25, 0.3) is 5.91 Å². The lowest BCUT2D eigenvalue weighted by Crippen LogP contribution is -2.48. The summed E-state index contributed by atoms with van der Waals surface area (Å²) < 4.78 is 10.5. The molecule has 3 N–H and O–H groups in total. The lowest BCUT2D eigenvalue weighted by molar-refractivity contribution is -0.115. The number of carbonyl (C=O) groups is 2. The predicted octanol–water partition coefficient (Wildman–Crippen LogP) is 2.11. The molecule has 0 radical (unpaired) electrons. The quantitative estimate of drug-likeness (QED) is 0.411. The molecular formula is C17H17N3O4S2. The van der Waals surface area contributed by atoms with Crippen molar-refractivity contribution in [2.24, 2.45) is 0 Å². The number of amides is 2. The van der Waals surface area contributed by atoms with Crippen molar-refractivity contribution in [1.82, 2.24) is 16.2 Å². The molecule has 1 heterocycles. The summed E-state index contributed by atoms with van der Waals surface area (Å²) in [7, 11) is 3.06. The summed E-state index contributed by atoms with van der Waals surface area (Å²) in [6, 6.07) is 8.73. The first-order chi connectivity index (χ1) is 12.5. The molecule has 0 aliphatic rings. The fourth-order valence-electron chi connectivity index (χ4n) is 1.97. The minimum Gasteiger partial charge on any atom is -0.496 e. The van der Waals surface area contributed by atoms with Gasteiger partial charge < -0.3 is 9.47 Å². The minimum atomic E-state index is -0.471. The van der Waals surface area contributed by atoms with Gasteiger partial charge in [0.1, 0.15) is 11.5 Å². The normalized spacial score (nSPS) is 10.2. The molecule has 0 atom stereocenters. The number of hydrogen-bond donors (Lipinski definition) is 3. The van der Waals surface area contributed by atoms with Gasteiger partial charge in [0.15, 0.2) is 5.11 Å². The predicted molar refractivity (Wildman–Crippen MR) is 104 cm³/mol. The van der Waals surface area contributed by atoms with Crippen LogP contribution in [0.2, 0.25) is 0 Å². The molecule has 0 fully saturated rings. The molecule has 2 amide bonds. The van der Waals surface area contributed by atoms with Crippen LogP contribution in [0.5, 0.6) is 11.5 Å². The van der Waals surface area contributed by atoms with Gasteiger partial charge in [-0.15, -0.1) is 11.3 Å². The molecule has 0 saturated carbocycles. The summed E-state index contributed by atoms with van der Waals surface area (Å²) in [5.74, 6) is 0.321. The number of hydrazine groups is 1. The van der Waals surface area contributed by atoms with Crippen molar-refractivity contribution in [3.63, 3.8) is 0 Å². The maximum Gasteiger partial charge on any atom is 0.279 e. The van der Waals surface area contributed by atoms with Crippen molar-refractivity contribution in [3.05, 3.63) is 52.2 Å². The van der Waals surface area contributed by atoms with Crippen molar-refractivity contribution in [2.45, 2.75) is 0 Å². The van der Waals surface area contributed by atoms with Crippen LogP contribution in [0.4, 0.5) is 0 Å². The lowest BCUT2D eigenvalue weighted by atomic mass is 10.1. The Bertz CT molecular complexity index is 797. The molecule has 9 heteroatoms. The van der Waals surface area contributed by atoms with E-state index in [0.717, 1.165) is 0 Å². The van der Waals surface area contributed by atoms with Gasteiger partial charge >= 0.3 is 0 Å². The molecule has 136 valence electrons. The Morgan fingerprint density at radius 3 is 2.35 bits per heavy atom. The van der Waals surface area contributed by atoms with Crippen LogP contribution in [0.25, 0.3) is 6.08 Å². The molecule has 2 aromatic rings. The monoisotopic (exact) mass is 391 g/mol. The van der Waals surface area contributed by atoms with Gasteiger partial charge in [0.2, 0.25) is 5.91 Å². The number of methoxy groups -OCH3 is 2. The molecule has 2 rings (SSSR count). The van der Waals surface area contributed by atoms with Crippen LogP contribution in [0.3, 0.4) is 0 Å². The van der Waals surface area contributed by atoms with E-state index in [1.165, 1.54) is 31.6 Å². The third-order valence-electron chi connectivity index (χ3n) is 3.14.